The summed E-state index contributed by atoms with van der Waals surface area (Å²) in [6.07, 6.45) is 0.504. The minimum atomic E-state index is -0.655. The van der Waals surface area contributed by atoms with Gasteiger partial charge in [0.25, 0.3) is 0 Å². The van der Waals surface area contributed by atoms with Gasteiger partial charge in [0.05, 0.1) is 6.10 Å². The second-order valence-electron chi connectivity index (χ2n) is 5.24. The van der Waals surface area contributed by atoms with E-state index in [1.54, 1.807) is 36.1 Å². The summed E-state index contributed by atoms with van der Waals surface area (Å²) >= 11 is 5.93. The summed E-state index contributed by atoms with van der Waals surface area (Å²) in [5, 5.41) is 12.4. The van der Waals surface area contributed by atoms with Gasteiger partial charge in [0.2, 0.25) is 11.8 Å². The van der Waals surface area contributed by atoms with Crippen molar-refractivity contribution in [2.24, 2.45) is 5.92 Å². The average Bonchev–Trinajstić information content (AvgIpc) is 2.80. The molecule has 0 bridgehead atoms. The molecule has 1 aromatic rings. The molecule has 1 heterocycles. The van der Waals surface area contributed by atoms with Crippen molar-refractivity contribution in [2.75, 3.05) is 18.0 Å². The zero-order valence-corrected chi connectivity index (χ0v) is 12.6. The summed E-state index contributed by atoms with van der Waals surface area (Å²) < 4.78 is 0. The van der Waals surface area contributed by atoms with E-state index in [0.717, 1.165) is 0 Å². The largest absolute Gasteiger partial charge is 0.393 e. The van der Waals surface area contributed by atoms with E-state index < -0.39 is 12.0 Å². The number of carbonyl (C=O) groups excluding carboxylic acids is 2. The summed E-state index contributed by atoms with van der Waals surface area (Å²) in [6, 6.07) is 7.04. The number of carbonyl (C=O) groups is 2. The molecule has 21 heavy (non-hydrogen) atoms. The molecule has 0 aliphatic carbocycles. The second-order valence-corrected chi connectivity index (χ2v) is 5.68. The molecule has 5 nitrogen and oxygen atoms in total. The topological polar surface area (TPSA) is 69.6 Å². The average molecular weight is 311 g/mol. The van der Waals surface area contributed by atoms with Crippen molar-refractivity contribution < 1.29 is 14.7 Å². The van der Waals surface area contributed by atoms with Gasteiger partial charge in [-0.25, -0.2) is 0 Å². The first kappa shape index (κ1) is 15.8. The fraction of sp³-hybridized carbons (Fsp3) is 0.467. The van der Waals surface area contributed by atoms with Gasteiger partial charge in [0, 0.05) is 23.8 Å². The molecule has 6 heteroatoms. The molecule has 0 spiro atoms. The van der Waals surface area contributed by atoms with E-state index in [4.69, 9.17) is 16.7 Å². The van der Waals surface area contributed by atoms with Crippen LogP contribution >= 0.6 is 11.6 Å². The van der Waals surface area contributed by atoms with Gasteiger partial charge in [0.15, 0.2) is 0 Å². The van der Waals surface area contributed by atoms with Gasteiger partial charge < -0.3 is 15.3 Å². The number of hydrogen-bond donors (Lipinski definition) is 2. The number of nitrogens with zero attached hydrogens (tertiary/aromatic N) is 1. The van der Waals surface area contributed by atoms with Crippen LogP contribution in [0.1, 0.15) is 19.8 Å². The lowest BCUT2D eigenvalue weighted by Gasteiger charge is -2.17. The Bertz CT molecular complexity index is 533. The van der Waals surface area contributed by atoms with Crippen molar-refractivity contribution in [2.45, 2.75) is 25.9 Å². The van der Waals surface area contributed by atoms with Crippen LogP contribution in [0.2, 0.25) is 5.02 Å². The maximum atomic E-state index is 12.3. The van der Waals surface area contributed by atoms with Crippen LogP contribution in [-0.4, -0.2) is 36.1 Å². The van der Waals surface area contributed by atoms with Gasteiger partial charge in [-0.3, -0.25) is 9.59 Å². The monoisotopic (exact) mass is 310 g/mol. The molecule has 1 fully saturated rings. The highest BCUT2D eigenvalue weighted by Gasteiger charge is 2.37. The van der Waals surface area contributed by atoms with E-state index in [1.165, 1.54) is 0 Å². The number of anilines is 1. The zero-order chi connectivity index (χ0) is 15.4. The molecule has 1 aromatic carbocycles. The van der Waals surface area contributed by atoms with Gasteiger partial charge in [-0.2, -0.15) is 0 Å². The SMILES string of the molecule is CC(O)CCNC(=O)C1CCN(c2cccc(Cl)c2)C1=O. The smallest absolute Gasteiger partial charge is 0.239 e. The van der Waals surface area contributed by atoms with E-state index >= 15 is 0 Å². The molecule has 2 rings (SSSR count). The van der Waals surface area contributed by atoms with Crippen molar-refractivity contribution in [3.8, 4) is 0 Å². The molecule has 2 amide bonds. The zero-order valence-electron chi connectivity index (χ0n) is 11.9. The Kier molecular flexibility index (Phi) is 5.20. The quantitative estimate of drug-likeness (QED) is 0.811. The van der Waals surface area contributed by atoms with E-state index in [2.05, 4.69) is 5.32 Å². The van der Waals surface area contributed by atoms with Crippen LogP contribution in [0.4, 0.5) is 5.69 Å². The minimum absolute atomic E-state index is 0.202. The number of halogens is 1. The molecular weight excluding hydrogens is 292 g/mol. The molecule has 2 unspecified atom stereocenters. The van der Waals surface area contributed by atoms with Gasteiger partial charge in [-0.1, -0.05) is 17.7 Å². The molecule has 2 atom stereocenters. The van der Waals surface area contributed by atoms with Crippen LogP contribution in [0.5, 0.6) is 0 Å². The van der Waals surface area contributed by atoms with Crippen molar-refractivity contribution >= 4 is 29.1 Å². The standard InChI is InChI=1S/C15H19ClN2O3/c1-10(19)5-7-17-14(20)13-6-8-18(15(13)21)12-4-2-3-11(16)9-12/h2-4,9-10,13,19H,5-8H2,1H3,(H,17,20). The molecule has 0 saturated carbocycles. The molecule has 1 aliphatic heterocycles. The number of aliphatic hydroxyl groups is 1. The van der Waals surface area contributed by atoms with Gasteiger partial charge in [-0.15, -0.1) is 0 Å². The lowest BCUT2D eigenvalue weighted by molar-refractivity contribution is -0.132. The summed E-state index contributed by atoms with van der Waals surface area (Å²) in [5.41, 5.74) is 0.715. The molecule has 1 saturated heterocycles. The van der Waals surface area contributed by atoms with Crippen LogP contribution in [0.25, 0.3) is 0 Å². The third kappa shape index (κ3) is 3.95. The molecule has 1 aliphatic rings. The lowest BCUT2D eigenvalue weighted by atomic mass is 10.1. The Morgan fingerprint density at radius 1 is 1.57 bits per heavy atom. The highest BCUT2D eigenvalue weighted by Crippen LogP contribution is 2.27. The minimum Gasteiger partial charge on any atom is -0.393 e. The second kappa shape index (κ2) is 6.91. The Labute approximate surface area is 128 Å². The Balaban J connectivity index is 1.96. The first-order valence-corrected chi connectivity index (χ1v) is 7.39. The fourth-order valence-corrected chi connectivity index (χ4v) is 2.54. The molecule has 0 aromatic heterocycles. The highest BCUT2D eigenvalue weighted by molar-refractivity contribution is 6.31. The van der Waals surface area contributed by atoms with Gasteiger partial charge in [-0.05, 0) is 38.0 Å². The lowest BCUT2D eigenvalue weighted by Crippen LogP contribution is -2.37. The number of benzene rings is 1. The van der Waals surface area contributed by atoms with Gasteiger partial charge in [0.1, 0.15) is 5.92 Å². The van der Waals surface area contributed by atoms with Crippen molar-refractivity contribution in [1.29, 1.82) is 0 Å². The van der Waals surface area contributed by atoms with E-state index in [-0.39, 0.29) is 11.8 Å². The van der Waals surface area contributed by atoms with Crippen LogP contribution < -0.4 is 10.2 Å². The number of aliphatic hydroxyl groups excluding tert-OH is 1. The first-order chi connectivity index (χ1) is 9.99. The number of amides is 2. The summed E-state index contributed by atoms with van der Waals surface area (Å²) in [4.78, 5) is 25.9. The third-order valence-corrected chi connectivity index (χ3v) is 3.74. The predicted octanol–water partition coefficient (Wildman–Crippen LogP) is 1.58. The Hall–Kier alpha value is -1.59. The van der Waals surface area contributed by atoms with Gasteiger partial charge >= 0.3 is 0 Å². The summed E-state index contributed by atoms with van der Waals surface area (Å²) in [7, 11) is 0. The van der Waals surface area contributed by atoms with Crippen molar-refractivity contribution in [1.82, 2.24) is 5.32 Å². The molecule has 0 radical (unpaired) electrons. The third-order valence-electron chi connectivity index (χ3n) is 3.50. The summed E-state index contributed by atoms with van der Waals surface area (Å²) in [5.74, 6) is -1.13. The van der Waals surface area contributed by atoms with Crippen LogP contribution in [0.3, 0.4) is 0 Å². The van der Waals surface area contributed by atoms with Crippen LogP contribution in [0.15, 0.2) is 24.3 Å². The van der Waals surface area contributed by atoms with E-state index in [9.17, 15) is 9.59 Å². The maximum absolute atomic E-state index is 12.3. The molecular formula is C15H19ClN2O3. The Morgan fingerprint density at radius 2 is 2.33 bits per heavy atom. The van der Waals surface area contributed by atoms with Crippen molar-refractivity contribution in [3.05, 3.63) is 29.3 Å². The summed E-state index contributed by atoms with van der Waals surface area (Å²) in [6.45, 7) is 2.54. The first-order valence-electron chi connectivity index (χ1n) is 7.01. The number of nitrogens with one attached hydrogen (secondary N) is 1. The van der Waals surface area contributed by atoms with E-state index in [0.29, 0.717) is 36.6 Å². The molecule has 114 valence electrons. The van der Waals surface area contributed by atoms with Crippen LogP contribution in [0, 0.1) is 5.92 Å². The van der Waals surface area contributed by atoms with E-state index in [1.807, 2.05) is 0 Å². The normalized spacial score (nSPS) is 19.7. The molecule has 2 N–H and O–H groups in total. The number of hydrogen-bond acceptors (Lipinski definition) is 3. The van der Waals surface area contributed by atoms with Crippen LogP contribution in [-0.2, 0) is 9.59 Å². The van der Waals surface area contributed by atoms with Crippen molar-refractivity contribution in [3.63, 3.8) is 0 Å². The number of rotatable bonds is 5. The maximum Gasteiger partial charge on any atom is 0.239 e. The predicted molar refractivity (Wildman–Crippen MR) is 81.2 cm³/mol. The highest BCUT2D eigenvalue weighted by atomic mass is 35.5. The Morgan fingerprint density at radius 3 is 3.00 bits per heavy atom. The fourth-order valence-electron chi connectivity index (χ4n) is 2.35.